The summed E-state index contributed by atoms with van der Waals surface area (Å²) in [5.41, 5.74) is 2.91. The average molecular weight is 329 g/mol. The van der Waals surface area contributed by atoms with Gasteiger partial charge in [0, 0.05) is 0 Å². The fraction of sp³-hybridized carbons (Fsp3) is 0.667. The molecule has 0 radical (unpaired) electrons. The highest BCUT2D eigenvalue weighted by molar-refractivity contribution is 5.25. The molecule has 3 rings (SSSR count). The summed E-state index contributed by atoms with van der Waals surface area (Å²) in [6.45, 7) is 13.6. The average Bonchev–Trinajstić information content (AvgIpc) is 3.10. The molecule has 0 saturated heterocycles. The monoisotopic (exact) mass is 328 g/mol. The second kappa shape index (κ2) is 11.5. The second-order valence-corrected chi connectivity index (χ2v) is 8.28. The van der Waals surface area contributed by atoms with Crippen molar-refractivity contribution in [2.75, 3.05) is 0 Å². The van der Waals surface area contributed by atoms with E-state index in [9.17, 15) is 0 Å². The van der Waals surface area contributed by atoms with E-state index >= 15 is 0 Å². The van der Waals surface area contributed by atoms with E-state index in [0.29, 0.717) is 0 Å². The van der Waals surface area contributed by atoms with Crippen LogP contribution in [-0.2, 0) is 6.42 Å². The molecule has 1 fully saturated rings. The maximum absolute atomic E-state index is 2.35. The quantitative estimate of drug-likeness (QED) is 0.490. The summed E-state index contributed by atoms with van der Waals surface area (Å²) < 4.78 is 0. The predicted octanol–water partition coefficient (Wildman–Crippen LogP) is 7.61. The fourth-order valence-corrected chi connectivity index (χ4v) is 3.77. The number of benzene rings is 1. The van der Waals surface area contributed by atoms with Crippen molar-refractivity contribution in [3.05, 3.63) is 47.5 Å². The number of rotatable bonds is 2. The van der Waals surface area contributed by atoms with E-state index in [0.717, 1.165) is 23.7 Å². The molecule has 0 aliphatic heterocycles. The van der Waals surface area contributed by atoms with Crippen molar-refractivity contribution in [3.63, 3.8) is 0 Å². The molecule has 2 aliphatic rings. The van der Waals surface area contributed by atoms with Crippen LogP contribution in [0.2, 0.25) is 0 Å². The van der Waals surface area contributed by atoms with Crippen molar-refractivity contribution in [2.45, 2.75) is 80.1 Å². The van der Waals surface area contributed by atoms with E-state index in [4.69, 9.17) is 0 Å². The Balaban J connectivity index is 0.000000185. The lowest BCUT2D eigenvalue weighted by Crippen LogP contribution is -1.86. The number of hydrogen-bond acceptors (Lipinski definition) is 0. The molecule has 24 heavy (non-hydrogen) atoms. The first-order valence-electron chi connectivity index (χ1n) is 10.1. The van der Waals surface area contributed by atoms with Gasteiger partial charge < -0.3 is 0 Å². The van der Waals surface area contributed by atoms with Crippen LogP contribution in [0.3, 0.4) is 0 Å². The Labute approximate surface area is 151 Å². The van der Waals surface area contributed by atoms with Gasteiger partial charge in [-0.2, -0.15) is 0 Å². The summed E-state index contributed by atoms with van der Waals surface area (Å²) in [4.78, 5) is 0. The molecule has 0 heteroatoms. The Morgan fingerprint density at radius 3 is 1.71 bits per heavy atom. The fourth-order valence-electron chi connectivity index (χ4n) is 3.77. The van der Waals surface area contributed by atoms with Crippen LogP contribution in [0.4, 0.5) is 0 Å². The molecule has 2 aliphatic carbocycles. The topological polar surface area (TPSA) is 0 Å². The van der Waals surface area contributed by atoms with E-state index in [-0.39, 0.29) is 0 Å². The third kappa shape index (κ3) is 8.71. The smallest absolute Gasteiger partial charge is 0.0256 e. The van der Waals surface area contributed by atoms with Gasteiger partial charge in [0.2, 0.25) is 0 Å². The molecule has 0 N–H and O–H groups in total. The Kier molecular flexibility index (Phi) is 10.1. The largest absolute Gasteiger partial charge is 0.0854 e. The standard InChI is InChI=1S/C10H14.C7H14.C7H12/c1-3-6-10-8-5-4-7-9(10)2;2*1-6-3-4-7(2)5-6/h4-5,7-8H,3,6H2,1-2H3;6-7H,3-5H2,1-2H3;3-4,6-7H,5H2,1-2H3. The Morgan fingerprint density at radius 1 is 0.833 bits per heavy atom. The van der Waals surface area contributed by atoms with Crippen molar-refractivity contribution >= 4 is 0 Å². The maximum atomic E-state index is 2.35. The van der Waals surface area contributed by atoms with Gasteiger partial charge in [-0.05, 0) is 61.0 Å². The van der Waals surface area contributed by atoms with Gasteiger partial charge in [0.05, 0.1) is 0 Å². The molecule has 0 amide bonds. The summed E-state index contributed by atoms with van der Waals surface area (Å²) in [5.74, 6) is 3.73. The Morgan fingerprint density at radius 2 is 1.38 bits per heavy atom. The van der Waals surface area contributed by atoms with Crippen LogP contribution in [0, 0.1) is 30.6 Å². The van der Waals surface area contributed by atoms with E-state index in [1.54, 1.807) is 0 Å². The minimum absolute atomic E-state index is 0.843. The van der Waals surface area contributed by atoms with Crippen molar-refractivity contribution in [1.82, 2.24) is 0 Å². The molecular formula is C24H40. The lowest BCUT2D eigenvalue weighted by Gasteiger charge is -2.01. The van der Waals surface area contributed by atoms with Gasteiger partial charge in [-0.3, -0.25) is 0 Å². The summed E-state index contributed by atoms with van der Waals surface area (Å²) >= 11 is 0. The molecule has 1 aromatic rings. The first kappa shape index (κ1) is 21.0. The van der Waals surface area contributed by atoms with Crippen LogP contribution >= 0.6 is 0 Å². The van der Waals surface area contributed by atoms with E-state index < -0.39 is 0 Å². The Bertz CT molecular complexity index is 453. The molecule has 0 aromatic heterocycles. The minimum atomic E-state index is 0.843. The Hall–Kier alpha value is -1.04. The van der Waals surface area contributed by atoms with Crippen molar-refractivity contribution < 1.29 is 0 Å². The van der Waals surface area contributed by atoms with Crippen LogP contribution in [0.25, 0.3) is 0 Å². The molecule has 4 unspecified atom stereocenters. The molecule has 4 atom stereocenters. The van der Waals surface area contributed by atoms with Gasteiger partial charge in [0.25, 0.3) is 0 Å². The molecule has 0 bridgehead atoms. The number of allylic oxidation sites excluding steroid dienone is 2. The van der Waals surface area contributed by atoms with Crippen LogP contribution in [0.5, 0.6) is 0 Å². The molecule has 1 saturated carbocycles. The van der Waals surface area contributed by atoms with Crippen LogP contribution in [-0.4, -0.2) is 0 Å². The van der Waals surface area contributed by atoms with Crippen LogP contribution in [0.15, 0.2) is 36.4 Å². The summed E-state index contributed by atoms with van der Waals surface area (Å²) in [6.07, 6.45) is 12.8. The van der Waals surface area contributed by atoms with Gasteiger partial charge in [-0.1, -0.05) is 90.3 Å². The third-order valence-electron chi connectivity index (χ3n) is 5.25. The van der Waals surface area contributed by atoms with Gasteiger partial charge in [-0.15, -0.1) is 0 Å². The molecule has 0 nitrogen and oxygen atoms in total. The normalized spacial score (nSPS) is 27.9. The summed E-state index contributed by atoms with van der Waals surface area (Å²) in [6, 6.07) is 8.58. The van der Waals surface area contributed by atoms with E-state index in [1.807, 2.05) is 0 Å². The maximum Gasteiger partial charge on any atom is -0.0256 e. The zero-order chi connectivity index (χ0) is 17.9. The molecule has 0 spiro atoms. The molecule has 0 heterocycles. The van der Waals surface area contributed by atoms with Crippen molar-refractivity contribution in [1.29, 1.82) is 0 Å². The zero-order valence-electron chi connectivity index (χ0n) is 17.0. The molecular weight excluding hydrogens is 288 g/mol. The highest BCUT2D eigenvalue weighted by atomic mass is 14.2. The number of aryl methyl sites for hydroxylation is 2. The lowest BCUT2D eigenvalue weighted by molar-refractivity contribution is 0.555. The predicted molar refractivity (Wildman–Crippen MR) is 109 cm³/mol. The first-order valence-corrected chi connectivity index (χ1v) is 10.1. The van der Waals surface area contributed by atoms with Gasteiger partial charge in [-0.25, -0.2) is 0 Å². The van der Waals surface area contributed by atoms with E-state index in [1.165, 1.54) is 49.7 Å². The highest BCUT2D eigenvalue weighted by Crippen LogP contribution is 2.29. The minimum Gasteiger partial charge on any atom is -0.0854 e. The number of hydrogen-bond donors (Lipinski definition) is 0. The molecule has 1 aromatic carbocycles. The van der Waals surface area contributed by atoms with Crippen LogP contribution in [0.1, 0.15) is 77.8 Å². The first-order chi connectivity index (χ1) is 11.4. The van der Waals surface area contributed by atoms with Gasteiger partial charge >= 0.3 is 0 Å². The highest BCUT2D eigenvalue weighted by Gasteiger charge is 2.15. The third-order valence-corrected chi connectivity index (χ3v) is 5.25. The van der Waals surface area contributed by atoms with Crippen molar-refractivity contribution in [3.8, 4) is 0 Å². The lowest BCUT2D eigenvalue weighted by atomic mass is 10.1. The summed E-state index contributed by atoms with van der Waals surface area (Å²) in [5, 5.41) is 0. The zero-order valence-corrected chi connectivity index (χ0v) is 17.0. The summed E-state index contributed by atoms with van der Waals surface area (Å²) in [7, 11) is 0. The second-order valence-electron chi connectivity index (χ2n) is 8.28. The molecule has 136 valence electrons. The van der Waals surface area contributed by atoms with Crippen molar-refractivity contribution in [2.24, 2.45) is 23.7 Å². The van der Waals surface area contributed by atoms with E-state index in [2.05, 4.69) is 78.0 Å². The van der Waals surface area contributed by atoms with Crippen LogP contribution < -0.4 is 0 Å². The van der Waals surface area contributed by atoms with Gasteiger partial charge in [0.15, 0.2) is 0 Å². The van der Waals surface area contributed by atoms with Gasteiger partial charge in [0.1, 0.15) is 0 Å². The SMILES string of the molecule is CC1C=CC(C)C1.CC1CCC(C)C1.CCCc1ccccc1C.